The lowest BCUT2D eigenvalue weighted by Gasteiger charge is -2.37. The van der Waals surface area contributed by atoms with E-state index in [1.54, 1.807) is 57.0 Å². The summed E-state index contributed by atoms with van der Waals surface area (Å²) in [5, 5.41) is 5.68. The Kier molecular flexibility index (Phi) is 10.5. The zero-order chi connectivity index (χ0) is 27.8. The van der Waals surface area contributed by atoms with Crippen LogP contribution < -0.4 is 15.4 Å². The van der Waals surface area contributed by atoms with Crippen molar-refractivity contribution in [2.45, 2.75) is 78.6 Å². The molecular weight excluding hydrogens is 470 g/mol. The van der Waals surface area contributed by atoms with Crippen molar-refractivity contribution in [3.05, 3.63) is 60.2 Å². The summed E-state index contributed by atoms with van der Waals surface area (Å²) in [6.07, 6.45) is -0.280. The van der Waals surface area contributed by atoms with Gasteiger partial charge in [-0.15, -0.1) is 0 Å². The van der Waals surface area contributed by atoms with Crippen LogP contribution in [0.4, 0.5) is 10.5 Å². The molecule has 8 heteroatoms. The molecule has 0 aliphatic carbocycles. The lowest BCUT2D eigenvalue weighted by atomic mass is 9.98. The van der Waals surface area contributed by atoms with Crippen LogP contribution in [0, 0.1) is 5.92 Å². The first-order valence-electron chi connectivity index (χ1n) is 12.6. The number of alkyl carbamates (subject to hydrolysis) is 1. The molecule has 0 fully saturated rings. The average molecular weight is 512 g/mol. The third kappa shape index (κ3) is 9.12. The van der Waals surface area contributed by atoms with Gasteiger partial charge in [0, 0.05) is 11.7 Å². The summed E-state index contributed by atoms with van der Waals surface area (Å²) in [4.78, 5) is 41.9. The summed E-state index contributed by atoms with van der Waals surface area (Å²) in [6, 6.07) is 14.0. The van der Waals surface area contributed by atoms with Gasteiger partial charge in [-0.25, -0.2) is 4.79 Å². The summed E-state index contributed by atoms with van der Waals surface area (Å²) in [6.45, 7) is 13.0. The van der Waals surface area contributed by atoms with Gasteiger partial charge in [0.1, 0.15) is 23.4 Å². The Bertz CT molecular complexity index is 1030. The number of nitrogens with zero attached hydrogens (tertiary/aromatic N) is 1. The van der Waals surface area contributed by atoms with E-state index in [0.29, 0.717) is 23.4 Å². The summed E-state index contributed by atoms with van der Waals surface area (Å²) >= 11 is 0. The van der Waals surface area contributed by atoms with Crippen LogP contribution in [0.15, 0.2) is 54.6 Å². The SMILES string of the molecule is COc1ccc(NC(=O)C(c2ccccc2)N(C(=O)C(CC(C)C)NC(=O)OC(C)(C)C)C(C)C)cc1. The minimum atomic E-state index is -0.925. The minimum absolute atomic E-state index is 0.112. The number of rotatable bonds is 10. The number of carbonyl (C=O) groups excluding carboxylic acids is 3. The molecule has 2 atom stereocenters. The fourth-order valence-electron chi connectivity index (χ4n) is 3.96. The number of nitrogens with one attached hydrogen (secondary N) is 2. The van der Waals surface area contributed by atoms with Crippen LogP contribution in [-0.4, -0.2) is 47.6 Å². The molecule has 0 saturated heterocycles. The van der Waals surface area contributed by atoms with E-state index in [0.717, 1.165) is 0 Å². The monoisotopic (exact) mass is 511 g/mol. The van der Waals surface area contributed by atoms with E-state index < -0.39 is 23.8 Å². The van der Waals surface area contributed by atoms with Crippen molar-refractivity contribution in [2.75, 3.05) is 12.4 Å². The number of hydrogen-bond donors (Lipinski definition) is 2. The molecule has 3 amide bonds. The number of methoxy groups -OCH3 is 1. The van der Waals surface area contributed by atoms with Crippen molar-refractivity contribution in [2.24, 2.45) is 5.92 Å². The van der Waals surface area contributed by atoms with Crippen LogP contribution in [0.3, 0.4) is 0 Å². The van der Waals surface area contributed by atoms with Crippen molar-refractivity contribution < 1.29 is 23.9 Å². The maximum atomic E-state index is 14.0. The van der Waals surface area contributed by atoms with Crippen LogP contribution in [-0.2, 0) is 14.3 Å². The van der Waals surface area contributed by atoms with Gasteiger partial charge in [-0.05, 0) is 76.8 Å². The molecule has 0 saturated carbocycles. The predicted molar refractivity (Wildman–Crippen MR) is 145 cm³/mol. The molecule has 0 aliphatic heterocycles. The van der Waals surface area contributed by atoms with Gasteiger partial charge in [0.15, 0.2) is 0 Å². The molecule has 2 aromatic rings. The Morgan fingerprint density at radius 1 is 0.919 bits per heavy atom. The van der Waals surface area contributed by atoms with Gasteiger partial charge in [0.2, 0.25) is 5.91 Å². The van der Waals surface area contributed by atoms with Gasteiger partial charge in [-0.2, -0.15) is 0 Å². The number of benzene rings is 2. The molecule has 202 valence electrons. The van der Waals surface area contributed by atoms with Crippen molar-refractivity contribution in [1.82, 2.24) is 10.2 Å². The maximum absolute atomic E-state index is 14.0. The fraction of sp³-hybridized carbons (Fsp3) is 0.483. The first-order chi connectivity index (χ1) is 17.3. The van der Waals surface area contributed by atoms with Crippen LogP contribution in [0.25, 0.3) is 0 Å². The predicted octanol–water partition coefficient (Wildman–Crippen LogP) is 5.55. The minimum Gasteiger partial charge on any atom is -0.497 e. The fourth-order valence-corrected chi connectivity index (χ4v) is 3.96. The van der Waals surface area contributed by atoms with E-state index in [-0.39, 0.29) is 23.8 Å². The van der Waals surface area contributed by atoms with Crippen molar-refractivity contribution in [3.63, 3.8) is 0 Å². The topological polar surface area (TPSA) is 97.0 Å². The third-order valence-corrected chi connectivity index (χ3v) is 5.51. The number of anilines is 1. The largest absolute Gasteiger partial charge is 0.497 e. The highest BCUT2D eigenvalue weighted by Gasteiger charge is 2.38. The number of hydrogen-bond acceptors (Lipinski definition) is 5. The Labute approximate surface area is 220 Å². The highest BCUT2D eigenvalue weighted by Crippen LogP contribution is 2.28. The normalized spacial score (nSPS) is 13.0. The lowest BCUT2D eigenvalue weighted by molar-refractivity contribution is -0.143. The Balaban J connectivity index is 2.45. The van der Waals surface area contributed by atoms with E-state index in [9.17, 15) is 14.4 Å². The molecule has 2 rings (SSSR count). The number of amides is 3. The first-order valence-corrected chi connectivity index (χ1v) is 12.6. The smallest absolute Gasteiger partial charge is 0.408 e. The van der Waals surface area contributed by atoms with E-state index in [2.05, 4.69) is 10.6 Å². The summed E-state index contributed by atoms with van der Waals surface area (Å²) in [5.74, 6) is 0.0646. The molecule has 0 aromatic heterocycles. The van der Waals surface area contributed by atoms with Crippen LogP contribution >= 0.6 is 0 Å². The van der Waals surface area contributed by atoms with Gasteiger partial charge in [0.25, 0.3) is 5.91 Å². The highest BCUT2D eigenvalue weighted by atomic mass is 16.6. The second-order valence-electron chi connectivity index (χ2n) is 10.7. The molecule has 0 heterocycles. The molecule has 0 spiro atoms. The first kappa shape index (κ1) is 29.7. The standard InChI is InChI=1S/C29H41N3O5/c1-19(2)18-24(31-28(35)37-29(5,6)7)27(34)32(20(3)4)25(21-12-10-9-11-13-21)26(33)30-22-14-16-23(36-8)17-15-22/h9-17,19-20,24-25H,18H2,1-8H3,(H,30,33)(H,31,35). The van der Waals surface area contributed by atoms with Gasteiger partial charge in [-0.1, -0.05) is 44.2 Å². The van der Waals surface area contributed by atoms with E-state index in [4.69, 9.17) is 9.47 Å². The maximum Gasteiger partial charge on any atom is 0.408 e. The Morgan fingerprint density at radius 2 is 1.51 bits per heavy atom. The van der Waals surface area contributed by atoms with Crippen molar-refractivity contribution in [3.8, 4) is 5.75 Å². The van der Waals surface area contributed by atoms with Gasteiger partial charge in [0.05, 0.1) is 7.11 Å². The molecular formula is C29H41N3O5. The Hall–Kier alpha value is -3.55. The van der Waals surface area contributed by atoms with E-state index in [1.807, 2.05) is 58.0 Å². The summed E-state index contributed by atoms with van der Waals surface area (Å²) in [5.41, 5.74) is 0.530. The summed E-state index contributed by atoms with van der Waals surface area (Å²) < 4.78 is 10.6. The van der Waals surface area contributed by atoms with Gasteiger partial charge >= 0.3 is 6.09 Å². The average Bonchev–Trinajstić information content (AvgIpc) is 2.80. The lowest BCUT2D eigenvalue weighted by Crippen LogP contribution is -2.54. The molecule has 37 heavy (non-hydrogen) atoms. The summed E-state index contributed by atoms with van der Waals surface area (Å²) in [7, 11) is 1.57. The van der Waals surface area contributed by atoms with Crippen LogP contribution in [0.5, 0.6) is 5.75 Å². The van der Waals surface area contributed by atoms with Crippen molar-refractivity contribution >= 4 is 23.6 Å². The second-order valence-corrected chi connectivity index (χ2v) is 10.7. The quantitative estimate of drug-likeness (QED) is 0.436. The van der Waals surface area contributed by atoms with Gasteiger partial charge < -0.3 is 25.0 Å². The van der Waals surface area contributed by atoms with Gasteiger partial charge in [-0.3, -0.25) is 9.59 Å². The molecule has 0 bridgehead atoms. The van der Waals surface area contributed by atoms with E-state index in [1.165, 1.54) is 0 Å². The zero-order valence-electron chi connectivity index (χ0n) is 23.2. The van der Waals surface area contributed by atoms with Crippen molar-refractivity contribution in [1.29, 1.82) is 0 Å². The molecule has 2 unspecified atom stereocenters. The molecule has 8 nitrogen and oxygen atoms in total. The zero-order valence-corrected chi connectivity index (χ0v) is 23.2. The van der Waals surface area contributed by atoms with Crippen LogP contribution in [0.1, 0.15) is 66.5 Å². The second kappa shape index (κ2) is 13.1. The van der Waals surface area contributed by atoms with Crippen LogP contribution in [0.2, 0.25) is 0 Å². The third-order valence-electron chi connectivity index (χ3n) is 5.51. The van der Waals surface area contributed by atoms with E-state index >= 15 is 0 Å². The molecule has 2 N–H and O–H groups in total. The molecule has 2 aromatic carbocycles. The Morgan fingerprint density at radius 3 is 2.00 bits per heavy atom. The number of carbonyl (C=O) groups is 3. The molecule has 0 aliphatic rings. The molecule has 0 radical (unpaired) electrons. The number of ether oxygens (including phenoxy) is 2. The highest BCUT2D eigenvalue weighted by molar-refractivity contribution is 5.99.